The highest BCUT2D eigenvalue weighted by atomic mass is 14.9. The molecule has 1 heterocycles. The summed E-state index contributed by atoms with van der Waals surface area (Å²) in [7, 11) is 0. The van der Waals surface area contributed by atoms with E-state index in [1.54, 1.807) is 0 Å². The minimum Gasteiger partial charge on any atom is -0.235 e. The third kappa shape index (κ3) is 3.84. The molecule has 0 N–H and O–H groups in total. The number of benzene rings is 8. The lowest BCUT2D eigenvalue weighted by molar-refractivity contribution is 0.710. The fourth-order valence-corrected chi connectivity index (χ4v) is 10.0. The Morgan fingerprint density at radius 2 is 0.981 bits per heavy atom. The summed E-state index contributed by atoms with van der Waals surface area (Å²) in [6.07, 6.45) is 0. The van der Waals surface area contributed by atoms with Gasteiger partial charge in [-0.1, -0.05) is 182 Å². The maximum atomic E-state index is 5.85. The van der Waals surface area contributed by atoms with E-state index in [9.17, 15) is 0 Å². The summed E-state index contributed by atoms with van der Waals surface area (Å²) >= 11 is 0. The number of hydrogen-bond donors (Lipinski definition) is 0. The van der Waals surface area contributed by atoms with Gasteiger partial charge in [0.2, 0.25) is 0 Å². The zero-order valence-electron chi connectivity index (χ0n) is 29.4. The fraction of sp³-hybridized carbons (Fsp3) is 0.0385. The number of rotatable bonds is 4. The van der Waals surface area contributed by atoms with Gasteiger partial charge in [-0.15, -0.1) is 0 Å². The molecule has 2 heteroatoms. The summed E-state index contributed by atoms with van der Waals surface area (Å²) < 4.78 is 0. The van der Waals surface area contributed by atoms with Crippen LogP contribution in [-0.2, 0) is 5.41 Å². The van der Waals surface area contributed by atoms with Gasteiger partial charge in [-0.25, -0.2) is 9.97 Å². The van der Waals surface area contributed by atoms with E-state index in [1.807, 2.05) is 0 Å². The summed E-state index contributed by atoms with van der Waals surface area (Å²) in [4.78, 5) is 11.4. The van der Waals surface area contributed by atoms with E-state index in [4.69, 9.17) is 9.97 Å². The Balaban J connectivity index is 1.21. The van der Waals surface area contributed by atoms with Crippen LogP contribution in [0.25, 0.3) is 66.5 Å². The first kappa shape index (κ1) is 29.7. The lowest BCUT2D eigenvalue weighted by atomic mass is 9.69. The molecule has 0 amide bonds. The van der Waals surface area contributed by atoms with Crippen LogP contribution in [0.2, 0.25) is 0 Å². The first-order valence-corrected chi connectivity index (χ1v) is 18.8. The van der Waals surface area contributed by atoms with Gasteiger partial charge < -0.3 is 0 Å². The lowest BCUT2D eigenvalue weighted by Gasteiger charge is -2.33. The SMILES string of the molecule is c1ccc(-c2cc(C3(c4ccccc4)c4ccccc4-c4ccccc43)nc(C3c4cccc5c4-c4c3ccc3cccc(c43)-c3ccccc3-5)n2)cc1. The van der Waals surface area contributed by atoms with Gasteiger partial charge in [0.25, 0.3) is 0 Å². The summed E-state index contributed by atoms with van der Waals surface area (Å²) in [6, 6.07) is 68.8. The van der Waals surface area contributed by atoms with Crippen molar-refractivity contribution in [2.45, 2.75) is 11.3 Å². The van der Waals surface area contributed by atoms with Crippen LogP contribution in [0.5, 0.6) is 0 Å². The van der Waals surface area contributed by atoms with Crippen LogP contribution in [0.15, 0.2) is 188 Å². The molecule has 250 valence electrons. The minimum atomic E-state index is -0.650. The number of aromatic nitrogens is 2. The van der Waals surface area contributed by atoms with Crippen molar-refractivity contribution in [1.29, 1.82) is 0 Å². The van der Waals surface area contributed by atoms with E-state index in [1.165, 1.54) is 83.1 Å². The molecule has 2 nitrogen and oxygen atoms in total. The third-order valence-corrected chi connectivity index (χ3v) is 12.2. The van der Waals surface area contributed by atoms with Gasteiger partial charge in [0.1, 0.15) is 5.82 Å². The molecule has 1 aromatic heterocycles. The van der Waals surface area contributed by atoms with Gasteiger partial charge in [-0.3, -0.25) is 0 Å². The highest BCUT2D eigenvalue weighted by Gasteiger charge is 2.48. The summed E-state index contributed by atoms with van der Waals surface area (Å²) in [6.45, 7) is 0. The zero-order valence-corrected chi connectivity index (χ0v) is 29.4. The van der Waals surface area contributed by atoms with Crippen LogP contribution < -0.4 is 0 Å². The van der Waals surface area contributed by atoms with Crippen molar-refractivity contribution in [3.05, 3.63) is 227 Å². The Bertz CT molecular complexity index is 2950. The number of nitrogens with zero attached hydrogens (tertiary/aromatic N) is 2. The van der Waals surface area contributed by atoms with Crippen molar-refractivity contribution >= 4 is 10.8 Å². The summed E-state index contributed by atoms with van der Waals surface area (Å²) in [5, 5.41) is 2.57. The monoisotopic (exact) mass is 684 g/mol. The number of hydrogen-bond acceptors (Lipinski definition) is 2. The quantitative estimate of drug-likeness (QED) is 0.184. The third-order valence-electron chi connectivity index (χ3n) is 12.2. The first-order chi connectivity index (χ1) is 26.8. The van der Waals surface area contributed by atoms with Gasteiger partial charge in [0, 0.05) is 5.56 Å². The molecule has 12 rings (SSSR count). The molecule has 0 bridgehead atoms. The van der Waals surface area contributed by atoms with E-state index in [-0.39, 0.29) is 5.92 Å². The predicted molar refractivity (Wildman–Crippen MR) is 220 cm³/mol. The Morgan fingerprint density at radius 1 is 0.407 bits per heavy atom. The molecule has 0 saturated heterocycles. The van der Waals surface area contributed by atoms with E-state index in [0.29, 0.717) is 0 Å². The molecule has 8 aromatic carbocycles. The highest BCUT2D eigenvalue weighted by molar-refractivity contribution is 6.16. The second-order valence-electron chi connectivity index (χ2n) is 14.8. The Hall–Kier alpha value is -6.90. The molecule has 0 saturated carbocycles. The minimum absolute atomic E-state index is 0.153. The van der Waals surface area contributed by atoms with Crippen molar-refractivity contribution in [2.75, 3.05) is 0 Å². The summed E-state index contributed by atoms with van der Waals surface area (Å²) in [5.41, 5.74) is 18.8. The molecule has 9 aromatic rings. The van der Waals surface area contributed by atoms with E-state index in [0.717, 1.165) is 22.8 Å². The molecule has 1 atom stereocenters. The average molecular weight is 685 g/mol. The Morgan fingerprint density at radius 3 is 1.72 bits per heavy atom. The number of fused-ring (bicyclic) bond motifs is 6. The average Bonchev–Trinajstić information content (AvgIpc) is 3.71. The van der Waals surface area contributed by atoms with Crippen LogP contribution in [0.3, 0.4) is 0 Å². The lowest BCUT2D eigenvalue weighted by Crippen LogP contribution is -2.30. The molecular formula is C52H32N2. The maximum Gasteiger partial charge on any atom is 0.141 e. The molecule has 0 radical (unpaired) electrons. The molecule has 54 heavy (non-hydrogen) atoms. The molecule has 3 aliphatic carbocycles. The second kappa shape index (κ2) is 11.1. The molecule has 0 spiro atoms. The normalized spacial score (nSPS) is 15.0. The molecule has 3 aliphatic rings. The molecule has 0 aliphatic heterocycles. The van der Waals surface area contributed by atoms with Crippen LogP contribution in [0, 0.1) is 0 Å². The van der Waals surface area contributed by atoms with Gasteiger partial charge in [0.15, 0.2) is 0 Å². The fourth-order valence-electron chi connectivity index (χ4n) is 10.0. The van der Waals surface area contributed by atoms with E-state index in [2.05, 4.69) is 188 Å². The maximum absolute atomic E-state index is 5.85. The Labute approximate surface area is 314 Å². The van der Waals surface area contributed by atoms with Crippen molar-refractivity contribution in [2.24, 2.45) is 0 Å². The predicted octanol–water partition coefficient (Wildman–Crippen LogP) is 12.5. The Kier molecular flexibility index (Phi) is 6.07. The molecule has 0 fully saturated rings. The van der Waals surface area contributed by atoms with Gasteiger partial charge in [0.05, 0.1) is 22.7 Å². The van der Waals surface area contributed by atoms with Crippen LogP contribution in [0.4, 0.5) is 0 Å². The second-order valence-corrected chi connectivity index (χ2v) is 14.8. The summed E-state index contributed by atoms with van der Waals surface area (Å²) in [5.74, 6) is 0.672. The van der Waals surface area contributed by atoms with Crippen LogP contribution in [-0.4, -0.2) is 9.97 Å². The topological polar surface area (TPSA) is 25.8 Å². The van der Waals surface area contributed by atoms with Crippen LogP contribution >= 0.6 is 0 Å². The van der Waals surface area contributed by atoms with Gasteiger partial charge in [-0.2, -0.15) is 0 Å². The van der Waals surface area contributed by atoms with Crippen molar-refractivity contribution in [3.63, 3.8) is 0 Å². The van der Waals surface area contributed by atoms with Crippen molar-refractivity contribution in [3.8, 4) is 55.8 Å². The standard InChI is InChI=1S/C52H32N2/c1-3-15-32(16-4-1)45-31-46(52(34-18-5-2-6-19-34)43-27-11-9-22-37(43)38-23-10-12-28-44(38)52)54-51(53-45)49-41-26-14-25-40-36-21-8-7-20-35(36)39-24-13-17-33-29-30-42(49)50(47(33)39)48(40)41/h1-31,49H. The largest absolute Gasteiger partial charge is 0.235 e. The molecule has 1 unspecified atom stereocenters. The van der Waals surface area contributed by atoms with Crippen molar-refractivity contribution < 1.29 is 0 Å². The van der Waals surface area contributed by atoms with Crippen molar-refractivity contribution in [1.82, 2.24) is 9.97 Å². The first-order valence-electron chi connectivity index (χ1n) is 18.8. The zero-order chi connectivity index (χ0) is 35.4. The smallest absolute Gasteiger partial charge is 0.141 e. The highest BCUT2D eigenvalue weighted by Crippen LogP contribution is 2.59. The van der Waals surface area contributed by atoms with Crippen LogP contribution in [0.1, 0.15) is 45.3 Å². The molecular weight excluding hydrogens is 653 g/mol. The van der Waals surface area contributed by atoms with Gasteiger partial charge >= 0.3 is 0 Å². The van der Waals surface area contributed by atoms with Gasteiger partial charge in [-0.05, 0) is 89.2 Å². The van der Waals surface area contributed by atoms with E-state index >= 15 is 0 Å². The van der Waals surface area contributed by atoms with E-state index < -0.39 is 5.41 Å².